The van der Waals surface area contributed by atoms with Crippen molar-refractivity contribution in [1.29, 1.82) is 0 Å². The Morgan fingerprint density at radius 3 is 2.56 bits per heavy atom. The molecule has 0 aliphatic heterocycles. The quantitative estimate of drug-likeness (QED) is 0.767. The number of ether oxygens (including phenoxy) is 1. The molecular formula is C14H16BrNOS. The van der Waals surface area contributed by atoms with Gasteiger partial charge >= 0.3 is 0 Å². The van der Waals surface area contributed by atoms with Crippen LogP contribution >= 0.6 is 27.3 Å². The fourth-order valence-electron chi connectivity index (χ4n) is 2.11. The number of methoxy groups -OCH3 is 1. The van der Waals surface area contributed by atoms with Gasteiger partial charge in [0.25, 0.3) is 0 Å². The van der Waals surface area contributed by atoms with Gasteiger partial charge in [-0.15, -0.1) is 11.3 Å². The van der Waals surface area contributed by atoms with E-state index in [1.54, 1.807) is 18.4 Å². The molecule has 0 aliphatic rings. The fraction of sp³-hybridized carbons (Fsp3) is 0.357. The number of aryl methyl sites for hydroxylation is 2. The molecule has 0 atom stereocenters. The smallest absolute Gasteiger partial charge is 0.131 e. The zero-order chi connectivity index (χ0) is 13.3. The molecule has 2 rings (SSSR count). The molecule has 18 heavy (non-hydrogen) atoms. The van der Waals surface area contributed by atoms with Crippen LogP contribution in [0.25, 0.3) is 11.3 Å². The number of benzene rings is 1. The van der Waals surface area contributed by atoms with Crippen LogP contribution in [-0.4, -0.2) is 12.1 Å². The normalized spacial score (nSPS) is 10.7. The van der Waals surface area contributed by atoms with Crippen LogP contribution in [0.1, 0.15) is 21.7 Å². The lowest BCUT2D eigenvalue weighted by Crippen LogP contribution is -1.97. The van der Waals surface area contributed by atoms with Crippen molar-refractivity contribution in [3.8, 4) is 17.0 Å². The van der Waals surface area contributed by atoms with Crippen LogP contribution in [0.4, 0.5) is 0 Å². The van der Waals surface area contributed by atoms with Gasteiger partial charge in [0.1, 0.15) is 10.8 Å². The van der Waals surface area contributed by atoms with Gasteiger partial charge < -0.3 is 4.74 Å². The summed E-state index contributed by atoms with van der Waals surface area (Å²) in [5.74, 6) is 0.943. The van der Waals surface area contributed by atoms with E-state index in [-0.39, 0.29) is 0 Å². The molecule has 96 valence electrons. The molecule has 1 aromatic heterocycles. The van der Waals surface area contributed by atoms with Crippen LogP contribution in [0.5, 0.6) is 5.75 Å². The van der Waals surface area contributed by atoms with E-state index >= 15 is 0 Å². The number of hydrogen-bond donors (Lipinski definition) is 0. The van der Waals surface area contributed by atoms with E-state index in [1.807, 2.05) is 0 Å². The maximum absolute atomic E-state index is 5.59. The van der Waals surface area contributed by atoms with Crippen LogP contribution in [0.3, 0.4) is 0 Å². The summed E-state index contributed by atoms with van der Waals surface area (Å²) >= 11 is 5.11. The second-order valence-electron chi connectivity index (χ2n) is 4.30. The highest BCUT2D eigenvalue weighted by Gasteiger charge is 2.16. The number of rotatable bonds is 3. The molecule has 0 saturated carbocycles. The molecule has 2 aromatic rings. The molecule has 2 nitrogen and oxygen atoms in total. The first-order chi connectivity index (χ1) is 8.58. The lowest BCUT2D eigenvalue weighted by Gasteiger charge is -2.15. The van der Waals surface area contributed by atoms with Gasteiger partial charge in [0, 0.05) is 10.9 Å². The molecule has 0 saturated heterocycles. The minimum absolute atomic E-state index is 0.796. The standard InChI is InChI=1S/C14H16BrNOS/c1-8-5-9(2)13(14(17-4)10(8)3)11-7-18-12(6-15)16-11/h5,7H,6H2,1-4H3. The van der Waals surface area contributed by atoms with Crippen molar-refractivity contribution in [3.63, 3.8) is 0 Å². The summed E-state index contributed by atoms with van der Waals surface area (Å²) in [6, 6.07) is 2.19. The molecule has 0 unspecified atom stereocenters. The largest absolute Gasteiger partial charge is 0.496 e. The van der Waals surface area contributed by atoms with Gasteiger partial charge in [-0.3, -0.25) is 0 Å². The van der Waals surface area contributed by atoms with Gasteiger partial charge in [-0.05, 0) is 37.5 Å². The summed E-state index contributed by atoms with van der Waals surface area (Å²) in [7, 11) is 1.72. The Kier molecular flexibility index (Phi) is 4.07. The van der Waals surface area contributed by atoms with Gasteiger partial charge in [-0.1, -0.05) is 22.0 Å². The van der Waals surface area contributed by atoms with Crippen molar-refractivity contribution < 1.29 is 4.74 Å². The Balaban J connectivity index is 2.66. The molecule has 0 N–H and O–H groups in total. The molecule has 0 fully saturated rings. The predicted octanol–water partition coefficient (Wildman–Crippen LogP) is 4.64. The highest BCUT2D eigenvalue weighted by Crippen LogP contribution is 2.38. The molecule has 4 heteroatoms. The monoisotopic (exact) mass is 325 g/mol. The van der Waals surface area contributed by atoms with Gasteiger partial charge in [-0.2, -0.15) is 0 Å². The first-order valence-corrected chi connectivity index (χ1v) is 7.74. The third-order valence-electron chi connectivity index (χ3n) is 3.11. The lowest BCUT2D eigenvalue weighted by atomic mass is 9.97. The van der Waals surface area contributed by atoms with E-state index < -0.39 is 0 Å². The van der Waals surface area contributed by atoms with Gasteiger partial charge in [-0.25, -0.2) is 4.98 Å². The second-order valence-corrected chi connectivity index (χ2v) is 5.81. The first-order valence-electron chi connectivity index (χ1n) is 5.74. The van der Waals surface area contributed by atoms with E-state index in [0.29, 0.717) is 0 Å². The number of nitrogens with zero attached hydrogens (tertiary/aromatic N) is 1. The fourth-order valence-corrected chi connectivity index (χ4v) is 3.27. The maximum atomic E-state index is 5.59. The topological polar surface area (TPSA) is 22.1 Å². The Labute approximate surface area is 120 Å². The summed E-state index contributed by atoms with van der Waals surface area (Å²) in [5, 5.41) is 3.98. The van der Waals surface area contributed by atoms with E-state index in [0.717, 1.165) is 27.3 Å². The minimum Gasteiger partial charge on any atom is -0.496 e. The number of hydrogen-bond acceptors (Lipinski definition) is 3. The van der Waals surface area contributed by atoms with Crippen LogP contribution < -0.4 is 4.74 Å². The van der Waals surface area contributed by atoms with Crippen molar-refractivity contribution in [3.05, 3.63) is 33.1 Å². The summed E-state index contributed by atoms with van der Waals surface area (Å²) in [6.45, 7) is 6.31. The van der Waals surface area contributed by atoms with Gasteiger partial charge in [0.15, 0.2) is 0 Å². The highest BCUT2D eigenvalue weighted by atomic mass is 79.9. The predicted molar refractivity (Wildman–Crippen MR) is 80.9 cm³/mol. The second kappa shape index (κ2) is 5.41. The molecule has 0 amide bonds. The van der Waals surface area contributed by atoms with E-state index in [4.69, 9.17) is 4.74 Å². The van der Waals surface area contributed by atoms with Crippen molar-refractivity contribution in [2.45, 2.75) is 26.1 Å². The zero-order valence-electron chi connectivity index (χ0n) is 11.0. The van der Waals surface area contributed by atoms with Crippen molar-refractivity contribution >= 4 is 27.3 Å². The summed E-state index contributed by atoms with van der Waals surface area (Å²) in [4.78, 5) is 4.63. The van der Waals surface area contributed by atoms with E-state index in [9.17, 15) is 0 Å². The zero-order valence-corrected chi connectivity index (χ0v) is 13.4. The van der Waals surface area contributed by atoms with Crippen molar-refractivity contribution in [1.82, 2.24) is 4.98 Å². The van der Waals surface area contributed by atoms with Gasteiger partial charge in [0.2, 0.25) is 0 Å². The molecule has 0 bridgehead atoms. The van der Waals surface area contributed by atoms with Crippen LogP contribution in [0.15, 0.2) is 11.4 Å². The number of thiazole rings is 1. The van der Waals surface area contributed by atoms with E-state index in [2.05, 4.69) is 53.1 Å². The Hall–Kier alpha value is -0.870. The Morgan fingerprint density at radius 2 is 2.00 bits per heavy atom. The van der Waals surface area contributed by atoms with Crippen LogP contribution in [0, 0.1) is 20.8 Å². The Bertz CT molecular complexity index is 577. The molecule has 0 aliphatic carbocycles. The van der Waals surface area contributed by atoms with Gasteiger partial charge in [0.05, 0.1) is 18.1 Å². The minimum atomic E-state index is 0.796. The SMILES string of the molecule is COc1c(C)c(C)cc(C)c1-c1csc(CBr)n1. The molecular weight excluding hydrogens is 310 g/mol. The van der Waals surface area contributed by atoms with Crippen molar-refractivity contribution in [2.24, 2.45) is 0 Å². The summed E-state index contributed by atoms with van der Waals surface area (Å²) in [6.07, 6.45) is 0. The third kappa shape index (κ3) is 2.31. The summed E-state index contributed by atoms with van der Waals surface area (Å²) in [5.41, 5.74) is 5.77. The average molecular weight is 326 g/mol. The van der Waals surface area contributed by atoms with E-state index in [1.165, 1.54) is 16.7 Å². The average Bonchev–Trinajstić information content (AvgIpc) is 2.81. The number of alkyl halides is 1. The molecule has 0 radical (unpaired) electrons. The van der Waals surface area contributed by atoms with Crippen LogP contribution in [-0.2, 0) is 5.33 Å². The summed E-state index contributed by atoms with van der Waals surface area (Å²) < 4.78 is 5.59. The van der Waals surface area contributed by atoms with Crippen LogP contribution in [0.2, 0.25) is 0 Å². The first kappa shape index (κ1) is 13.6. The lowest BCUT2D eigenvalue weighted by molar-refractivity contribution is 0.412. The molecule has 1 aromatic carbocycles. The number of halogens is 1. The third-order valence-corrected chi connectivity index (χ3v) is 4.86. The maximum Gasteiger partial charge on any atom is 0.131 e. The molecule has 1 heterocycles. The highest BCUT2D eigenvalue weighted by molar-refractivity contribution is 9.08. The number of aromatic nitrogens is 1. The Morgan fingerprint density at radius 1 is 1.28 bits per heavy atom. The van der Waals surface area contributed by atoms with Crippen molar-refractivity contribution in [2.75, 3.05) is 7.11 Å². The molecule has 0 spiro atoms.